The Kier molecular flexibility index (Phi) is 4.87. The molecule has 4 rings (SSSR count). The van der Waals surface area contributed by atoms with Crippen molar-refractivity contribution in [2.75, 3.05) is 32.8 Å². The van der Waals surface area contributed by atoms with E-state index in [1.54, 1.807) is 0 Å². The standard InChI is InChI=1S/C20H34N4O3/c1-4-27-18(26)23-8-5-19(14-23)11-16(12-19)22-9-6-20(7-10-22)13-17(25)21-24(20)15(2)3/h15-16H,4-14H2,1-3H3,(H,21,25). The summed E-state index contributed by atoms with van der Waals surface area (Å²) in [5.74, 6) is 0.171. The van der Waals surface area contributed by atoms with Crippen LogP contribution in [0.4, 0.5) is 4.79 Å². The highest BCUT2D eigenvalue weighted by Crippen LogP contribution is 2.51. The minimum Gasteiger partial charge on any atom is -0.450 e. The van der Waals surface area contributed by atoms with Gasteiger partial charge in [0.2, 0.25) is 5.91 Å². The Morgan fingerprint density at radius 3 is 2.56 bits per heavy atom. The van der Waals surface area contributed by atoms with Gasteiger partial charge in [-0.2, -0.15) is 0 Å². The van der Waals surface area contributed by atoms with E-state index in [9.17, 15) is 9.59 Å². The molecular weight excluding hydrogens is 344 g/mol. The summed E-state index contributed by atoms with van der Waals surface area (Å²) in [6, 6.07) is 0.976. The molecule has 2 amide bonds. The summed E-state index contributed by atoms with van der Waals surface area (Å²) < 4.78 is 5.16. The van der Waals surface area contributed by atoms with Crippen molar-refractivity contribution in [3.8, 4) is 0 Å². The van der Waals surface area contributed by atoms with E-state index in [4.69, 9.17) is 4.74 Å². The van der Waals surface area contributed by atoms with Crippen LogP contribution in [0.5, 0.6) is 0 Å². The van der Waals surface area contributed by atoms with E-state index < -0.39 is 0 Å². The van der Waals surface area contributed by atoms with Gasteiger partial charge in [-0.3, -0.25) is 10.2 Å². The molecule has 27 heavy (non-hydrogen) atoms. The van der Waals surface area contributed by atoms with Crippen LogP contribution in [0, 0.1) is 5.41 Å². The van der Waals surface area contributed by atoms with Crippen molar-refractivity contribution >= 4 is 12.0 Å². The van der Waals surface area contributed by atoms with Gasteiger partial charge in [0.25, 0.3) is 0 Å². The molecule has 0 aromatic rings. The topological polar surface area (TPSA) is 65.1 Å². The number of ether oxygens (including phenoxy) is 1. The number of carbonyl (C=O) groups is 2. The first-order chi connectivity index (χ1) is 12.9. The summed E-state index contributed by atoms with van der Waals surface area (Å²) in [6.45, 7) is 10.5. The van der Waals surface area contributed by atoms with Crippen molar-refractivity contribution in [1.29, 1.82) is 0 Å². The first kappa shape index (κ1) is 19.0. The molecule has 7 nitrogen and oxygen atoms in total. The summed E-state index contributed by atoms with van der Waals surface area (Å²) in [4.78, 5) is 28.5. The number of hydrazine groups is 1. The second-order valence-corrected chi connectivity index (χ2v) is 9.37. The lowest BCUT2D eigenvalue weighted by molar-refractivity contribution is -0.121. The van der Waals surface area contributed by atoms with Gasteiger partial charge in [0, 0.05) is 44.7 Å². The molecule has 3 saturated heterocycles. The third-order valence-electron chi connectivity index (χ3n) is 7.31. The van der Waals surface area contributed by atoms with E-state index in [-0.39, 0.29) is 17.5 Å². The van der Waals surface area contributed by atoms with Crippen LogP contribution in [-0.2, 0) is 9.53 Å². The number of amides is 2. The van der Waals surface area contributed by atoms with Crippen molar-refractivity contribution in [2.24, 2.45) is 5.41 Å². The molecular formula is C20H34N4O3. The van der Waals surface area contributed by atoms with Crippen LogP contribution >= 0.6 is 0 Å². The summed E-state index contributed by atoms with van der Waals surface area (Å²) >= 11 is 0. The predicted molar refractivity (Wildman–Crippen MR) is 102 cm³/mol. The maximum absolute atomic E-state index is 12.0. The molecule has 0 unspecified atom stereocenters. The molecule has 3 aliphatic heterocycles. The fourth-order valence-corrected chi connectivity index (χ4v) is 5.91. The number of nitrogens with zero attached hydrogens (tertiary/aromatic N) is 3. The van der Waals surface area contributed by atoms with E-state index in [0.29, 0.717) is 30.5 Å². The second kappa shape index (κ2) is 6.92. The van der Waals surface area contributed by atoms with Crippen LogP contribution in [0.1, 0.15) is 59.3 Å². The molecule has 0 radical (unpaired) electrons. The van der Waals surface area contributed by atoms with E-state index in [2.05, 4.69) is 29.2 Å². The smallest absolute Gasteiger partial charge is 0.409 e. The summed E-state index contributed by atoms with van der Waals surface area (Å²) in [5, 5.41) is 2.21. The number of hydrogen-bond acceptors (Lipinski definition) is 5. The zero-order chi connectivity index (χ0) is 19.2. The van der Waals surface area contributed by atoms with E-state index in [1.165, 1.54) is 12.8 Å². The van der Waals surface area contributed by atoms with Gasteiger partial charge in [-0.15, -0.1) is 0 Å². The highest BCUT2D eigenvalue weighted by Gasteiger charge is 2.54. The van der Waals surface area contributed by atoms with Crippen molar-refractivity contribution in [3.05, 3.63) is 0 Å². The number of likely N-dealkylation sites (tertiary alicyclic amines) is 2. The summed E-state index contributed by atoms with van der Waals surface area (Å²) in [5.41, 5.74) is 3.41. The zero-order valence-electron chi connectivity index (χ0n) is 17.0. The van der Waals surface area contributed by atoms with Crippen molar-refractivity contribution in [3.63, 3.8) is 0 Å². The maximum atomic E-state index is 12.0. The van der Waals surface area contributed by atoms with Gasteiger partial charge in [0.1, 0.15) is 0 Å². The number of hydrogen-bond donors (Lipinski definition) is 1. The zero-order valence-corrected chi connectivity index (χ0v) is 17.0. The highest BCUT2D eigenvalue weighted by atomic mass is 16.6. The molecule has 7 heteroatoms. The lowest BCUT2D eigenvalue weighted by Crippen LogP contribution is -2.60. The molecule has 0 aromatic heterocycles. The van der Waals surface area contributed by atoms with E-state index in [0.717, 1.165) is 45.4 Å². The van der Waals surface area contributed by atoms with E-state index >= 15 is 0 Å². The largest absolute Gasteiger partial charge is 0.450 e. The molecule has 0 atom stereocenters. The quantitative estimate of drug-likeness (QED) is 0.813. The molecule has 4 aliphatic rings. The second-order valence-electron chi connectivity index (χ2n) is 9.37. The average molecular weight is 379 g/mol. The van der Waals surface area contributed by atoms with Gasteiger partial charge in [0.15, 0.2) is 0 Å². The Morgan fingerprint density at radius 1 is 1.22 bits per heavy atom. The minimum atomic E-state index is -0.148. The van der Waals surface area contributed by atoms with Gasteiger partial charge in [-0.25, -0.2) is 9.80 Å². The SMILES string of the molecule is CCOC(=O)N1CCC2(CC(N3CCC4(CC3)CC(=O)NN4C(C)C)C2)C1. The predicted octanol–water partition coefficient (Wildman–Crippen LogP) is 1.98. The Bertz CT molecular complexity index is 594. The average Bonchev–Trinajstić information content (AvgIpc) is 3.17. The van der Waals surface area contributed by atoms with Crippen LogP contribution in [0.2, 0.25) is 0 Å². The molecule has 0 aromatic carbocycles. The van der Waals surface area contributed by atoms with Gasteiger partial charge >= 0.3 is 6.09 Å². The number of piperidine rings is 1. The lowest BCUT2D eigenvalue weighted by Gasteiger charge is -2.54. The molecule has 4 fully saturated rings. The lowest BCUT2D eigenvalue weighted by atomic mass is 9.64. The van der Waals surface area contributed by atoms with Crippen LogP contribution in [-0.4, -0.2) is 77.2 Å². The fraction of sp³-hybridized carbons (Fsp3) is 0.900. The fourth-order valence-electron chi connectivity index (χ4n) is 5.91. The number of nitrogens with one attached hydrogen (secondary N) is 1. The maximum Gasteiger partial charge on any atom is 0.409 e. The van der Waals surface area contributed by atoms with Crippen LogP contribution in [0.3, 0.4) is 0 Å². The number of rotatable bonds is 3. The molecule has 3 heterocycles. The minimum absolute atomic E-state index is 0.0112. The van der Waals surface area contributed by atoms with Gasteiger partial charge in [-0.05, 0) is 58.3 Å². The number of carbonyl (C=O) groups excluding carboxylic acids is 2. The van der Waals surface area contributed by atoms with Crippen LogP contribution < -0.4 is 5.43 Å². The Hall–Kier alpha value is -1.34. The highest BCUT2D eigenvalue weighted by molar-refractivity contribution is 5.79. The normalized spacial score (nSPS) is 33.7. The van der Waals surface area contributed by atoms with Gasteiger partial charge in [-0.1, -0.05) is 0 Å². The Labute approximate surface area is 162 Å². The molecule has 2 spiro atoms. The van der Waals surface area contributed by atoms with Crippen molar-refractivity contribution in [1.82, 2.24) is 20.2 Å². The molecule has 152 valence electrons. The van der Waals surface area contributed by atoms with Crippen LogP contribution in [0.25, 0.3) is 0 Å². The first-order valence-electron chi connectivity index (χ1n) is 10.6. The molecule has 0 bridgehead atoms. The third kappa shape index (κ3) is 3.33. The van der Waals surface area contributed by atoms with Crippen molar-refractivity contribution in [2.45, 2.75) is 76.9 Å². The molecule has 1 aliphatic carbocycles. The molecule has 1 saturated carbocycles. The van der Waals surface area contributed by atoms with Gasteiger partial charge in [0.05, 0.1) is 12.1 Å². The Balaban J connectivity index is 1.29. The summed E-state index contributed by atoms with van der Waals surface area (Å²) in [7, 11) is 0. The van der Waals surface area contributed by atoms with Crippen molar-refractivity contribution < 1.29 is 14.3 Å². The summed E-state index contributed by atoms with van der Waals surface area (Å²) in [6.07, 6.45) is 6.11. The first-order valence-corrected chi connectivity index (χ1v) is 10.6. The molecule has 1 N–H and O–H groups in total. The van der Waals surface area contributed by atoms with E-state index in [1.807, 2.05) is 11.8 Å². The van der Waals surface area contributed by atoms with Crippen LogP contribution in [0.15, 0.2) is 0 Å². The third-order valence-corrected chi connectivity index (χ3v) is 7.31. The monoisotopic (exact) mass is 378 g/mol. The van der Waals surface area contributed by atoms with Gasteiger partial charge < -0.3 is 14.5 Å². The Morgan fingerprint density at radius 2 is 1.93 bits per heavy atom.